The zero-order valence-electron chi connectivity index (χ0n) is 16.3. The molecule has 31 heavy (non-hydrogen) atoms. The molecule has 2 heterocycles. The molecule has 0 unspecified atom stereocenters. The summed E-state index contributed by atoms with van der Waals surface area (Å²) >= 11 is 0. The second-order valence-corrected chi connectivity index (χ2v) is 6.96. The summed E-state index contributed by atoms with van der Waals surface area (Å²) in [5.41, 5.74) is 6.79. The standard InChI is InChI=1S/C22H16F3N5O/c1-13-6-15(9-17(7-13)22(23,24)25)21-28-12-30(29-21)11-18(20(26)31)16-8-14-4-2-3-5-19(14)27-10-16/h2-12H,1H3,(H2,26,31). The van der Waals surface area contributed by atoms with Crippen molar-refractivity contribution < 1.29 is 18.0 Å². The summed E-state index contributed by atoms with van der Waals surface area (Å²) in [5.74, 6) is -0.616. The molecule has 156 valence electrons. The number of aryl methyl sites for hydroxylation is 1. The van der Waals surface area contributed by atoms with Gasteiger partial charge in [-0.2, -0.15) is 13.2 Å². The van der Waals surface area contributed by atoms with Crippen LogP contribution in [0.5, 0.6) is 0 Å². The molecule has 0 aliphatic rings. The minimum absolute atomic E-state index is 0.0888. The Morgan fingerprint density at radius 3 is 2.61 bits per heavy atom. The molecule has 0 bridgehead atoms. The number of halogens is 3. The maximum Gasteiger partial charge on any atom is 0.416 e. The van der Waals surface area contributed by atoms with Gasteiger partial charge in [-0.05, 0) is 42.8 Å². The number of amides is 1. The first-order valence-electron chi connectivity index (χ1n) is 9.18. The maximum atomic E-state index is 13.1. The Balaban J connectivity index is 1.73. The van der Waals surface area contributed by atoms with Crippen molar-refractivity contribution in [3.63, 3.8) is 0 Å². The number of pyridine rings is 1. The van der Waals surface area contributed by atoms with Gasteiger partial charge in [0.15, 0.2) is 5.82 Å². The molecule has 2 N–H and O–H groups in total. The smallest absolute Gasteiger partial charge is 0.366 e. The summed E-state index contributed by atoms with van der Waals surface area (Å²) in [4.78, 5) is 20.5. The van der Waals surface area contributed by atoms with Crippen LogP contribution in [0, 0.1) is 6.92 Å². The van der Waals surface area contributed by atoms with Crippen LogP contribution < -0.4 is 5.73 Å². The quantitative estimate of drug-likeness (QED) is 0.496. The fourth-order valence-electron chi connectivity index (χ4n) is 3.18. The molecule has 1 amide bonds. The number of alkyl halides is 3. The molecule has 4 rings (SSSR count). The normalized spacial score (nSPS) is 12.3. The number of para-hydroxylation sites is 1. The van der Waals surface area contributed by atoms with Crippen LogP contribution in [0.2, 0.25) is 0 Å². The Morgan fingerprint density at radius 2 is 1.87 bits per heavy atom. The predicted octanol–water partition coefficient (Wildman–Crippen LogP) is 4.30. The third-order valence-corrected chi connectivity index (χ3v) is 4.60. The summed E-state index contributed by atoms with van der Waals surface area (Å²) in [6.45, 7) is 1.56. The lowest BCUT2D eigenvalue weighted by Crippen LogP contribution is -2.14. The minimum atomic E-state index is -4.48. The SMILES string of the molecule is Cc1cc(-c2ncn(C=C(C(N)=O)c3cnc4ccccc4c3)n2)cc(C(F)(F)F)c1. The van der Waals surface area contributed by atoms with Crippen LogP contribution >= 0.6 is 0 Å². The van der Waals surface area contributed by atoms with Gasteiger partial charge in [-0.25, -0.2) is 9.67 Å². The van der Waals surface area contributed by atoms with Gasteiger partial charge in [-0.1, -0.05) is 18.2 Å². The van der Waals surface area contributed by atoms with Gasteiger partial charge in [0, 0.05) is 28.9 Å². The van der Waals surface area contributed by atoms with Gasteiger partial charge < -0.3 is 5.73 Å². The van der Waals surface area contributed by atoms with Gasteiger partial charge in [-0.3, -0.25) is 9.78 Å². The molecule has 9 heteroatoms. The number of fused-ring (bicyclic) bond motifs is 1. The van der Waals surface area contributed by atoms with Crippen molar-refractivity contribution in [1.82, 2.24) is 19.7 Å². The molecule has 0 saturated heterocycles. The zero-order chi connectivity index (χ0) is 22.2. The lowest BCUT2D eigenvalue weighted by atomic mass is 10.1. The third-order valence-electron chi connectivity index (χ3n) is 4.60. The molecular formula is C22H16F3N5O. The van der Waals surface area contributed by atoms with Crippen LogP contribution in [0.4, 0.5) is 13.2 Å². The fourth-order valence-corrected chi connectivity index (χ4v) is 3.18. The number of hydrogen-bond acceptors (Lipinski definition) is 4. The number of hydrogen-bond donors (Lipinski definition) is 1. The molecule has 4 aromatic rings. The number of carbonyl (C=O) groups is 1. The molecular weight excluding hydrogens is 407 g/mol. The topological polar surface area (TPSA) is 86.7 Å². The van der Waals surface area contributed by atoms with E-state index in [0.717, 1.165) is 23.0 Å². The molecule has 0 saturated carbocycles. The predicted molar refractivity (Wildman–Crippen MR) is 110 cm³/mol. The molecule has 0 aliphatic carbocycles. The van der Waals surface area contributed by atoms with E-state index >= 15 is 0 Å². The Morgan fingerprint density at radius 1 is 1.10 bits per heavy atom. The van der Waals surface area contributed by atoms with Crippen molar-refractivity contribution >= 4 is 28.6 Å². The largest absolute Gasteiger partial charge is 0.416 e. The van der Waals surface area contributed by atoms with E-state index in [2.05, 4.69) is 15.1 Å². The van der Waals surface area contributed by atoms with Gasteiger partial charge in [0.25, 0.3) is 5.91 Å². The number of rotatable bonds is 4. The van der Waals surface area contributed by atoms with Gasteiger partial charge in [0.05, 0.1) is 16.7 Å². The average Bonchev–Trinajstić information content (AvgIpc) is 3.19. The van der Waals surface area contributed by atoms with E-state index in [1.165, 1.54) is 23.4 Å². The zero-order valence-corrected chi connectivity index (χ0v) is 16.3. The second-order valence-electron chi connectivity index (χ2n) is 6.96. The fraction of sp³-hybridized carbons (Fsp3) is 0.0909. The van der Waals surface area contributed by atoms with Crippen LogP contribution in [0.3, 0.4) is 0 Å². The highest BCUT2D eigenvalue weighted by Gasteiger charge is 2.31. The van der Waals surface area contributed by atoms with E-state index in [0.29, 0.717) is 11.1 Å². The number of carbonyl (C=O) groups excluding carboxylic acids is 1. The molecule has 0 spiro atoms. The first-order chi connectivity index (χ1) is 14.7. The molecule has 6 nitrogen and oxygen atoms in total. The van der Waals surface area contributed by atoms with Crippen LogP contribution in [-0.4, -0.2) is 25.7 Å². The maximum absolute atomic E-state index is 13.1. The van der Waals surface area contributed by atoms with E-state index in [4.69, 9.17) is 5.73 Å². The summed E-state index contributed by atoms with van der Waals surface area (Å²) in [7, 11) is 0. The lowest BCUT2D eigenvalue weighted by Gasteiger charge is -2.09. The molecule has 2 aromatic heterocycles. The van der Waals surface area contributed by atoms with E-state index < -0.39 is 17.6 Å². The number of nitrogens with zero attached hydrogens (tertiary/aromatic N) is 4. The van der Waals surface area contributed by atoms with Gasteiger partial charge >= 0.3 is 6.18 Å². The van der Waals surface area contributed by atoms with Crippen molar-refractivity contribution in [2.45, 2.75) is 13.1 Å². The van der Waals surface area contributed by atoms with Crippen molar-refractivity contribution in [2.24, 2.45) is 5.73 Å². The number of nitrogens with two attached hydrogens (primary N) is 1. The number of primary amides is 1. The number of benzene rings is 2. The van der Waals surface area contributed by atoms with E-state index in [1.807, 2.05) is 24.3 Å². The summed E-state index contributed by atoms with van der Waals surface area (Å²) < 4.78 is 40.6. The van der Waals surface area contributed by atoms with Crippen molar-refractivity contribution in [3.8, 4) is 11.4 Å². The van der Waals surface area contributed by atoms with E-state index in [-0.39, 0.29) is 17.0 Å². The lowest BCUT2D eigenvalue weighted by molar-refractivity contribution is -0.137. The Hall–Kier alpha value is -4.01. The monoisotopic (exact) mass is 423 g/mol. The summed E-state index contributed by atoms with van der Waals surface area (Å²) in [6.07, 6.45) is -0.300. The van der Waals surface area contributed by atoms with Crippen LogP contribution in [0.1, 0.15) is 16.7 Å². The van der Waals surface area contributed by atoms with Crippen molar-refractivity contribution in [2.75, 3.05) is 0 Å². The average molecular weight is 423 g/mol. The molecule has 0 radical (unpaired) electrons. The Bertz CT molecular complexity index is 1320. The van der Waals surface area contributed by atoms with Gasteiger partial charge in [0.1, 0.15) is 6.33 Å². The highest BCUT2D eigenvalue weighted by molar-refractivity contribution is 6.22. The van der Waals surface area contributed by atoms with E-state index in [1.54, 1.807) is 19.1 Å². The molecule has 0 aliphatic heterocycles. The van der Waals surface area contributed by atoms with E-state index in [9.17, 15) is 18.0 Å². The van der Waals surface area contributed by atoms with Gasteiger partial charge in [-0.15, -0.1) is 5.10 Å². The highest BCUT2D eigenvalue weighted by Crippen LogP contribution is 2.32. The van der Waals surface area contributed by atoms with Gasteiger partial charge in [0.2, 0.25) is 0 Å². The molecule has 0 atom stereocenters. The Kier molecular flexibility index (Phi) is 5.02. The van der Waals surface area contributed by atoms with Crippen LogP contribution in [0.25, 0.3) is 34.1 Å². The number of aromatic nitrogens is 4. The summed E-state index contributed by atoms with van der Waals surface area (Å²) in [6, 6.07) is 12.8. The van der Waals surface area contributed by atoms with Crippen molar-refractivity contribution in [3.05, 3.63) is 77.7 Å². The first kappa shape index (κ1) is 20.3. The second kappa shape index (κ2) is 7.67. The molecule has 0 fully saturated rings. The third kappa shape index (κ3) is 4.30. The summed E-state index contributed by atoms with van der Waals surface area (Å²) in [5, 5.41) is 5.01. The molecule has 2 aromatic carbocycles. The first-order valence-corrected chi connectivity index (χ1v) is 9.18. The van der Waals surface area contributed by atoms with Crippen LogP contribution in [0.15, 0.2) is 61.1 Å². The van der Waals surface area contributed by atoms with Crippen molar-refractivity contribution in [1.29, 1.82) is 0 Å². The minimum Gasteiger partial charge on any atom is -0.366 e. The van der Waals surface area contributed by atoms with Crippen LogP contribution in [-0.2, 0) is 11.0 Å². The Labute approximate surface area is 174 Å². The highest BCUT2D eigenvalue weighted by atomic mass is 19.4.